The number of hydrogen-bond donors (Lipinski definition) is 2. The van der Waals surface area contributed by atoms with Gasteiger partial charge in [-0.25, -0.2) is 5.43 Å². The molecule has 0 heterocycles. The summed E-state index contributed by atoms with van der Waals surface area (Å²) in [5, 5.41) is 6.47. The second-order valence-electron chi connectivity index (χ2n) is 4.77. The molecular weight excluding hydrogens is 374 g/mol. The number of benzene rings is 2. The summed E-state index contributed by atoms with van der Waals surface area (Å²) in [4.78, 5) is 23.5. The molecule has 0 saturated heterocycles. The Hall–Kier alpha value is -2.67. The van der Waals surface area contributed by atoms with E-state index in [9.17, 15) is 9.59 Å². The van der Waals surface area contributed by atoms with Gasteiger partial charge in [-0.05, 0) is 30.3 Å². The predicted molar refractivity (Wildman–Crippen MR) is 96.1 cm³/mol. The van der Waals surface area contributed by atoms with E-state index in [4.69, 9.17) is 4.74 Å². The molecular formula is C17H16BrN3O3. The van der Waals surface area contributed by atoms with Crippen LogP contribution in [0.25, 0.3) is 0 Å². The van der Waals surface area contributed by atoms with Crippen LogP contribution in [0.2, 0.25) is 0 Å². The van der Waals surface area contributed by atoms with E-state index in [-0.39, 0.29) is 6.42 Å². The molecule has 124 valence electrons. The lowest BCUT2D eigenvalue weighted by atomic mass is 10.2. The molecule has 2 aromatic carbocycles. The van der Waals surface area contributed by atoms with Crippen LogP contribution >= 0.6 is 15.9 Å². The van der Waals surface area contributed by atoms with E-state index in [0.29, 0.717) is 17.0 Å². The fourth-order valence-electron chi connectivity index (χ4n) is 1.89. The number of para-hydroxylation sites is 1. The second kappa shape index (κ2) is 8.83. The van der Waals surface area contributed by atoms with Gasteiger partial charge in [0.2, 0.25) is 11.8 Å². The van der Waals surface area contributed by atoms with Crippen LogP contribution in [0.5, 0.6) is 5.75 Å². The SMILES string of the molecule is COc1ccc(Br)cc1C=NNC(=O)CC(=O)Nc1ccccc1. The van der Waals surface area contributed by atoms with E-state index in [1.165, 1.54) is 6.21 Å². The lowest BCUT2D eigenvalue weighted by Gasteiger charge is -2.05. The molecule has 0 spiro atoms. The quantitative estimate of drug-likeness (QED) is 0.452. The minimum atomic E-state index is -0.506. The molecule has 0 aliphatic carbocycles. The number of carbonyl (C=O) groups is 2. The summed E-state index contributed by atoms with van der Waals surface area (Å²) < 4.78 is 6.06. The number of nitrogens with zero attached hydrogens (tertiary/aromatic N) is 1. The van der Waals surface area contributed by atoms with Gasteiger partial charge < -0.3 is 10.1 Å². The van der Waals surface area contributed by atoms with Gasteiger partial charge in [0.15, 0.2) is 0 Å². The van der Waals surface area contributed by atoms with Crippen LogP contribution in [0.1, 0.15) is 12.0 Å². The fourth-order valence-corrected chi connectivity index (χ4v) is 2.27. The van der Waals surface area contributed by atoms with Crippen LogP contribution in [-0.4, -0.2) is 25.1 Å². The zero-order valence-electron chi connectivity index (χ0n) is 13.0. The van der Waals surface area contributed by atoms with Crippen molar-refractivity contribution in [2.75, 3.05) is 12.4 Å². The van der Waals surface area contributed by atoms with Gasteiger partial charge in [0.1, 0.15) is 12.2 Å². The van der Waals surface area contributed by atoms with Gasteiger partial charge in [-0.15, -0.1) is 0 Å². The topological polar surface area (TPSA) is 79.8 Å². The highest BCUT2D eigenvalue weighted by molar-refractivity contribution is 9.10. The minimum absolute atomic E-state index is 0.318. The smallest absolute Gasteiger partial charge is 0.249 e. The summed E-state index contributed by atoms with van der Waals surface area (Å²) in [5.41, 5.74) is 3.65. The highest BCUT2D eigenvalue weighted by atomic mass is 79.9. The van der Waals surface area contributed by atoms with Crippen molar-refractivity contribution in [3.8, 4) is 5.75 Å². The maximum Gasteiger partial charge on any atom is 0.249 e. The van der Waals surface area contributed by atoms with Gasteiger partial charge in [0.05, 0.1) is 13.3 Å². The van der Waals surface area contributed by atoms with Gasteiger partial charge >= 0.3 is 0 Å². The summed E-state index contributed by atoms with van der Waals surface area (Å²) in [6, 6.07) is 14.3. The molecule has 24 heavy (non-hydrogen) atoms. The van der Waals surface area contributed by atoms with E-state index < -0.39 is 11.8 Å². The minimum Gasteiger partial charge on any atom is -0.496 e. The van der Waals surface area contributed by atoms with Crippen molar-refractivity contribution >= 4 is 39.6 Å². The highest BCUT2D eigenvalue weighted by Crippen LogP contribution is 2.21. The molecule has 7 heteroatoms. The van der Waals surface area contributed by atoms with Crippen LogP contribution in [0.15, 0.2) is 58.1 Å². The Morgan fingerprint density at radius 2 is 1.92 bits per heavy atom. The summed E-state index contributed by atoms with van der Waals surface area (Å²) in [7, 11) is 1.55. The zero-order valence-corrected chi connectivity index (χ0v) is 14.5. The Kier molecular flexibility index (Phi) is 6.51. The van der Waals surface area contributed by atoms with E-state index in [2.05, 4.69) is 31.8 Å². The average Bonchev–Trinajstić information content (AvgIpc) is 2.56. The number of rotatable bonds is 6. The molecule has 0 radical (unpaired) electrons. The van der Waals surface area contributed by atoms with Crippen molar-refractivity contribution in [3.63, 3.8) is 0 Å². The van der Waals surface area contributed by atoms with Crippen LogP contribution in [0.4, 0.5) is 5.69 Å². The van der Waals surface area contributed by atoms with Crippen molar-refractivity contribution in [1.29, 1.82) is 0 Å². The Morgan fingerprint density at radius 3 is 2.62 bits per heavy atom. The second-order valence-corrected chi connectivity index (χ2v) is 5.69. The first kappa shape index (κ1) is 17.7. The number of anilines is 1. The predicted octanol–water partition coefficient (Wildman–Crippen LogP) is 2.94. The lowest BCUT2D eigenvalue weighted by molar-refractivity contribution is -0.126. The zero-order chi connectivity index (χ0) is 17.4. The molecule has 0 aliphatic heterocycles. The van der Waals surface area contributed by atoms with Crippen LogP contribution in [0, 0.1) is 0 Å². The molecule has 2 rings (SSSR count). The average molecular weight is 390 g/mol. The largest absolute Gasteiger partial charge is 0.496 e. The molecule has 0 aromatic heterocycles. The highest BCUT2D eigenvalue weighted by Gasteiger charge is 2.09. The number of halogens is 1. The third-order valence-electron chi connectivity index (χ3n) is 2.96. The monoisotopic (exact) mass is 389 g/mol. The van der Waals surface area contributed by atoms with Gasteiger partial charge in [-0.2, -0.15) is 5.10 Å². The van der Waals surface area contributed by atoms with Crippen LogP contribution in [0.3, 0.4) is 0 Å². The third-order valence-corrected chi connectivity index (χ3v) is 3.46. The first-order valence-corrected chi connectivity index (χ1v) is 7.88. The molecule has 2 N–H and O–H groups in total. The standard InChI is InChI=1S/C17H16BrN3O3/c1-24-15-8-7-13(18)9-12(15)11-19-21-17(23)10-16(22)20-14-5-3-2-4-6-14/h2-9,11H,10H2,1H3,(H,20,22)(H,21,23). The van der Waals surface area contributed by atoms with Crippen molar-refractivity contribution in [2.45, 2.75) is 6.42 Å². The van der Waals surface area contributed by atoms with Gasteiger partial charge in [0, 0.05) is 15.7 Å². The van der Waals surface area contributed by atoms with Gasteiger partial charge in [-0.1, -0.05) is 34.1 Å². The summed E-state index contributed by atoms with van der Waals surface area (Å²) in [6.45, 7) is 0. The third kappa shape index (κ3) is 5.51. The molecule has 0 atom stereocenters. The maximum atomic E-state index is 11.8. The number of nitrogens with one attached hydrogen (secondary N) is 2. The van der Waals surface area contributed by atoms with Crippen molar-refractivity contribution in [3.05, 3.63) is 58.6 Å². The maximum absolute atomic E-state index is 11.8. The van der Waals surface area contributed by atoms with Gasteiger partial charge in [-0.3, -0.25) is 9.59 Å². The normalized spacial score (nSPS) is 10.4. The molecule has 6 nitrogen and oxygen atoms in total. The molecule has 0 bridgehead atoms. The molecule has 0 unspecified atom stereocenters. The summed E-state index contributed by atoms with van der Waals surface area (Å²) in [5.74, 6) is -0.291. The molecule has 0 fully saturated rings. The number of carbonyl (C=O) groups excluding carboxylic acids is 2. The molecule has 0 aliphatic rings. The van der Waals surface area contributed by atoms with E-state index in [0.717, 1.165) is 4.47 Å². The van der Waals surface area contributed by atoms with Crippen molar-refractivity contribution in [1.82, 2.24) is 5.43 Å². The Morgan fingerprint density at radius 1 is 1.17 bits per heavy atom. The van der Waals surface area contributed by atoms with E-state index in [1.54, 1.807) is 43.5 Å². The van der Waals surface area contributed by atoms with Crippen molar-refractivity contribution in [2.24, 2.45) is 5.10 Å². The van der Waals surface area contributed by atoms with E-state index in [1.807, 2.05) is 12.1 Å². The Balaban J connectivity index is 1.87. The summed E-state index contributed by atoms with van der Waals surface area (Å²) in [6.07, 6.45) is 1.14. The fraction of sp³-hybridized carbons (Fsp3) is 0.118. The number of hydrogen-bond acceptors (Lipinski definition) is 4. The molecule has 2 aromatic rings. The first-order chi connectivity index (χ1) is 11.6. The Labute approximate surface area is 148 Å². The van der Waals surface area contributed by atoms with E-state index >= 15 is 0 Å². The molecule has 2 amide bonds. The van der Waals surface area contributed by atoms with Gasteiger partial charge in [0.25, 0.3) is 0 Å². The lowest BCUT2D eigenvalue weighted by Crippen LogP contribution is -2.24. The first-order valence-electron chi connectivity index (χ1n) is 7.09. The summed E-state index contributed by atoms with van der Waals surface area (Å²) >= 11 is 3.35. The molecule has 0 saturated carbocycles. The number of ether oxygens (including phenoxy) is 1. The van der Waals surface area contributed by atoms with Crippen LogP contribution in [-0.2, 0) is 9.59 Å². The van der Waals surface area contributed by atoms with Crippen LogP contribution < -0.4 is 15.5 Å². The Bertz CT molecular complexity index is 748. The van der Waals surface area contributed by atoms with Crippen molar-refractivity contribution < 1.29 is 14.3 Å². The number of hydrazone groups is 1. The number of methoxy groups -OCH3 is 1. The number of amides is 2.